The molecule has 1 aromatic rings. The van der Waals surface area contributed by atoms with Crippen molar-refractivity contribution in [2.24, 2.45) is 5.92 Å². The van der Waals surface area contributed by atoms with E-state index in [1.807, 2.05) is 65.0 Å². The Morgan fingerprint density at radius 2 is 1.88 bits per heavy atom. The van der Waals surface area contributed by atoms with Crippen molar-refractivity contribution < 1.29 is 14.3 Å². The summed E-state index contributed by atoms with van der Waals surface area (Å²) in [7, 11) is 0. The molecule has 1 saturated heterocycles. The van der Waals surface area contributed by atoms with E-state index in [0.717, 1.165) is 5.56 Å². The number of benzene rings is 1. The first-order valence-corrected chi connectivity index (χ1v) is 8.75. The second kappa shape index (κ2) is 7.87. The maximum atomic E-state index is 12.3. The van der Waals surface area contributed by atoms with Crippen LogP contribution in [0.4, 0.5) is 4.79 Å². The molecule has 3 N–H and O–H groups in total. The van der Waals surface area contributed by atoms with E-state index in [0.29, 0.717) is 6.54 Å². The molecule has 0 aliphatic carbocycles. The van der Waals surface area contributed by atoms with Crippen LogP contribution in [0.3, 0.4) is 0 Å². The van der Waals surface area contributed by atoms with Gasteiger partial charge in [0, 0.05) is 12.6 Å². The van der Waals surface area contributed by atoms with Gasteiger partial charge in [0.2, 0.25) is 5.91 Å². The second-order valence-corrected chi connectivity index (χ2v) is 7.77. The van der Waals surface area contributed by atoms with Gasteiger partial charge < -0.3 is 15.4 Å². The fourth-order valence-corrected chi connectivity index (χ4v) is 2.91. The minimum atomic E-state index is -0.569. The predicted octanol–water partition coefficient (Wildman–Crippen LogP) is 2.36. The molecular weight excluding hydrogens is 318 g/mol. The van der Waals surface area contributed by atoms with Crippen LogP contribution >= 0.6 is 0 Å². The number of rotatable bonds is 4. The molecule has 1 aliphatic heterocycles. The molecule has 6 heteroatoms. The Bertz CT molecular complexity index is 596. The van der Waals surface area contributed by atoms with Crippen molar-refractivity contribution in [3.8, 4) is 0 Å². The van der Waals surface area contributed by atoms with Crippen LogP contribution in [-0.2, 0) is 9.53 Å². The Morgan fingerprint density at radius 3 is 2.44 bits per heavy atom. The zero-order valence-corrected chi connectivity index (χ0v) is 15.6. The molecule has 138 valence electrons. The van der Waals surface area contributed by atoms with Crippen molar-refractivity contribution in [3.63, 3.8) is 0 Å². The van der Waals surface area contributed by atoms with Gasteiger partial charge in [-0.05, 0) is 32.3 Å². The summed E-state index contributed by atoms with van der Waals surface area (Å²) in [6, 6.07) is 9.00. The van der Waals surface area contributed by atoms with E-state index in [-0.39, 0.29) is 30.0 Å². The van der Waals surface area contributed by atoms with E-state index in [9.17, 15) is 9.59 Å². The van der Waals surface area contributed by atoms with Gasteiger partial charge in [-0.25, -0.2) is 4.79 Å². The summed E-state index contributed by atoms with van der Waals surface area (Å²) < 4.78 is 5.41. The number of carbonyl (C=O) groups excluding carboxylic acids is 2. The maximum absolute atomic E-state index is 12.3. The number of nitrogens with one attached hydrogen (secondary N) is 3. The average Bonchev–Trinajstić information content (AvgIpc) is 2.52. The summed E-state index contributed by atoms with van der Waals surface area (Å²) in [6.07, 6.45) is -0.471. The van der Waals surface area contributed by atoms with Gasteiger partial charge in [-0.1, -0.05) is 44.2 Å². The average molecular weight is 347 g/mol. The Balaban J connectivity index is 2.20. The standard InChI is InChI=1S/C19H29N3O3/c1-12(2)15-17(23)20-11-14(21-15)16(13-9-7-6-8-10-13)22-18(24)25-19(3,4)5/h6-10,12,14-16,21H,11H2,1-5H3,(H,20,23)(H,22,24)/t14-,15-,16-/m0/s1. The molecule has 3 atom stereocenters. The molecule has 2 amide bonds. The Labute approximate surface area is 149 Å². The molecule has 0 aromatic heterocycles. The first kappa shape index (κ1) is 19.2. The summed E-state index contributed by atoms with van der Waals surface area (Å²) in [4.78, 5) is 24.4. The van der Waals surface area contributed by atoms with Crippen LogP contribution < -0.4 is 16.0 Å². The normalized spacial score (nSPS) is 22.2. The van der Waals surface area contributed by atoms with Crippen molar-refractivity contribution in [3.05, 3.63) is 35.9 Å². The van der Waals surface area contributed by atoms with E-state index >= 15 is 0 Å². The SMILES string of the molecule is CC(C)[C@@H]1N[C@H]([C@@H](NC(=O)OC(C)(C)C)c2ccccc2)CNC1=O. The number of piperazine rings is 1. The van der Waals surface area contributed by atoms with Gasteiger partial charge in [-0.15, -0.1) is 0 Å². The minimum absolute atomic E-state index is 0.00432. The molecule has 1 aromatic carbocycles. The molecule has 25 heavy (non-hydrogen) atoms. The summed E-state index contributed by atoms with van der Waals surface area (Å²) in [5.74, 6) is 0.149. The van der Waals surface area contributed by atoms with Crippen molar-refractivity contribution in [2.45, 2.75) is 58.3 Å². The zero-order chi connectivity index (χ0) is 18.6. The van der Waals surface area contributed by atoms with E-state index in [4.69, 9.17) is 4.74 Å². The van der Waals surface area contributed by atoms with Gasteiger partial charge in [0.15, 0.2) is 0 Å². The Morgan fingerprint density at radius 1 is 1.24 bits per heavy atom. The number of hydrogen-bond donors (Lipinski definition) is 3. The van der Waals surface area contributed by atoms with Crippen molar-refractivity contribution in [1.82, 2.24) is 16.0 Å². The fourth-order valence-electron chi connectivity index (χ4n) is 2.91. The summed E-state index contributed by atoms with van der Waals surface area (Å²) in [5, 5.41) is 9.29. The van der Waals surface area contributed by atoms with Crippen LogP contribution in [0.5, 0.6) is 0 Å². The lowest BCUT2D eigenvalue weighted by atomic mass is 9.93. The Kier molecular flexibility index (Phi) is 6.06. The van der Waals surface area contributed by atoms with Gasteiger partial charge in [0.25, 0.3) is 0 Å². The lowest BCUT2D eigenvalue weighted by molar-refractivity contribution is -0.126. The lowest BCUT2D eigenvalue weighted by Gasteiger charge is -2.38. The molecule has 0 spiro atoms. The highest BCUT2D eigenvalue weighted by Gasteiger charge is 2.35. The second-order valence-electron chi connectivity index (χ2n) is 7.77. The van der Waals surface area contributed by atoms with Crippen LogP contribution in [-0.4, -0.2) is 36.2 Å². The number of hydrogen-bond acceptors (Lipinski definition) is 4. The largest absolute Gasteiger partial charge is 0.444 e. The smallest absolute Gasteiger partial charge is 0.408 e. The molecule has 0 saturated carbocycles. The number of alkyl carbamates (subject to hydrolysis) is 1. The van der Waals surface area contributed by atoms with E-state index < -0.39 is 11.7 Å². The van der Waals surface area contributed by atoms with Crippen LogP contribution in [0.15, 0.2) is 30.3 Å². The van der Waals surface area contributed by atoms with E-state index in [1.54, 1.807) is 0 Å². The lowest BCUT2D eigenvalue weighted by Crippen LogP contribution is -2.63. The molecule has 0 bridgehead atoms. The zero-order valence-electron chi connectivity index (χ0n) is 15.6. The molecule has 1 fully saturated rings. The highest BCUT2D eigenvalue weighted by atomic mass is 16.6. The molecule has 0 unspecified atom stereocenters. The predicted molar refractivity (Wildman–Crippen MR) is 97.1 cm³/mol. The van der Waals surface area contributed by atoms with Gasteiger partial charge in [0.1, 0.15) is 5.60 Å². The van der Waals surface area contributed by atoms with Crippen LogP contribution in [0.25, 0.3) is 0 Å². The third-order valence-corrected chi connectivity index (χ3v) is 4.07. The molecular formula is C19H29N3O3. The molecule has 2 rings (SSSR count). The van der Waals surface area contributed by atoms with Gasteiger partial charge in [-0.3, -0.25) is 10.1 Å². The molecule has 6 nitrogen and oxygen atoms in total. The topological polar surface area (TPSA) is 79.5 Å². The summed E-state index contributed by atoms with van der Waals surface area (Å²) in [6.45, 7) is 9.93. The molecule has 1 aliphatic rings. The van der Waals surface area contributed by atoms with Crippen molar-refractivity contribution >= 4 is 12.0 Å². The van der Waals surface area contributed by atoms with Gasteiger partial charge in [0.05, 0.1) is 12.1 Å². The number of carbonyl (C=O) groups is 2. The first-order chi connectivity index (χ1) is 11.7. The summed E-state index contributed by atoms with van der Waals surface area (Å²) in [5.41, 5.74) is 0.393. The first-order valence-electron chi connectivity index (χ1n) is 8.75. The molecule has 1 heterocycles. The van der Waals surface area contributed by atoms with Crippen LogP contribution in [0.2, 0.25) is 0 Å². The molecule has 0 radical (unpaired) electrons. The van der Waals surface area contributed by atoms with Crippen molar-refractivity contribution in [2.75, 3.05) is 6.54 Å². The fraction of sp³-hybridized carbons (Fsp3) is 0.579. The van der Waals surface area contributed by atoms with Crippen LogP contribution in [0, 0.1) is 5.92 Å². The Hall–Kier alpha value is -2.08. The van der Waals surface area contributed by atoms with Gasteiger partial charge in [-0.2, -0.15) is 0 Å². The number of ether oxygens (including phenoxy) is 1. The quantitative estimate of drug-likeness (QED) is 0.781. The highest BCUT2D eigenvalue weighted by molar-refractivity contribution is 5.83. The van der Waals surface area contributed by atoms with E-state index in [1.165, 1.54) is 0 Å². The third-order valence-electron chi connectivity index (χ3n) is 4.07. The van der Waals surface area contributed by atoms with Crippen molar-refractivity contribution in [1.29, 1.82) is 0 Å². The van der Waals surface area contributed by atoms with Gasteiger partial charge >= 0.3 is 6.09 Å². The monoisotopic (exact) mass is 347 g/mol. The maximum Gasteiger partial charge on any atom is 0.408 e. The summed E-state index contributed by atoms with van der Waals surface area (Å²) >= 11 is 0. The minimum Gasteiger partial charge on any atom is -0.444 e. The number of amides is 2. The van der Waals surface area contributed by atoms with E-state index in [2.05, 4.69) is 16.0 Å². The van der Waals surface area contributed by atoms with Crippen LogP contribution in [0.1, 0.15) is 46.2 Å². The third kappa shape index (κ3) is 5.46. The highest BCUT2D eigenvalue weighted by Crippen LogP contribution is 2.21.